The molecule has 148 valence electrons. The molecule has 0 spiro atoms. The summed E-state index contributed by atoms with van der Waals surface area (Å²) in [7, 11) is -3.47. The molecule has 1 aromatic rings. The highest BCUT2D eigenvalue weighted by atomic mass is 32.2. The quantitative estimate of drug-likeness (QED) is 0.771. The van der Waals surface area contributed by atoms with Crippen LogP contribution in [0.2, 0.25) is 0 Å². The van der Waals surface area contributed by atoms with Crippen molar-refractivity contribution >= 4 is 21.7 Å². The normalized spacial score (nSPS) is 18.7. The summed E-state index contributed by atoms with van der Waals surface area (Å²) in [4.78, 5) is 28.8. The first-order valence-electron chi connectivity index (χ1n) is 9.72. The number of hydrogen-bond acceptors (Lipinski definition) is 4. The fraction of sp³-hybridized carbons (Fsp3) is 0.600. The van der Waals surface area contributed by atoms with Gasteiger partial charge in [-0.25, -0.2) is 8.42 Å². The first kappa shape index (κ1) is 19.9. The van der Waals surface area contributed by atoms with Crippen LogP contribution in [0.25, 0.3) is 0 Å². The van der Waals surface area contributed by atoms with Gasteiger partial charge in [-0.3, -0.25) is 9.59 Å². The van der Waals surface area contributed by atoms with Crippen LogP contribution in [0, 0.1) is 5.92 Å². The fourth-order valence-electron chi connectivity index (χ4n) is 4.08. The number of carbonyl (C=O) groups is 2. The van der Waals surface area contributed by atoms with Crippen LogP contribution >= 0.6 is 0 Å². The van der Waals surface area contributed by atoms with Gasteiger partial charge in [-0.05, 0) is 24.5 Å². The molecule has 0 aromatic heterocycles. The van der Waals surface area contributed by atoms with E-state index in [1.165, 1.54) is 31.7 Å². The number of sulfone groups is 1. The number of rotatable bonds is 5. The van der Waals surface area contributed by atoms with Gasteiger partial charge in [-0.2, -0.15) is 0 Å². The molecule has 2 fully saturated rings. The highest BCUT2D eigenvalue weighted by Crippen LogP contribution is 2.28. The van der Waals surface area contributed by atoms with Gasteiger partial charge in [-0.1, -0.05) is 37.8 Å². The number of benzene rings is 1. The lowest BCUT2D eigenvalue weighted by Crippen LogP contribution is -2.50. The minimum atomic E-state index is -3.47. The Morgan fingerprint density at radius 2 is 1.59 bits per heavy atom. The van der Waals surface area contributed by atoms with Crippen LogP contribution in [-0.2, 0) is 14.6 Å². The molecule has 7 heteroatoms. The van der Waals surface area contributed by atoms with Crippen LogP contribution in [0.1, 0.15) is 48.9 Å². The van der Waals surface area contributed by atoms with Crippen LogP contribution < -0.4 is 0 Å². The summed E-state index contributed by atoms with van der Waals surface area (Å²) in [6.45, 7) is 1.89. The number of carbonyl (C=O) groups excluding carboxylic acids is 2. The van der Waals surface area contributed by atoms with Crippen molar-refractivity contribution in [3.8, 4) is 0 Å². The molecule has 0 bridgehead atoms. The Morgan fingerprint density at radius 3 is 2.22 bits per heavy atom. The summed E-state index contributed by atoms with van der Waals surface area (Å²) in [6.07, 6.45) is 7.74. The summed E-state index contributed by atoms with van der Waals surface area (Å²) in [5.41, 5.74) is 0.209. The van der Waals surface area contributed by atoms with Crippen LogP contribution in [0.5, 0.6) is 0 Å². The summed E-state index contributed by atoms with van der Waals surface area (Å²) in [5, 5.41) is 0. The van der Waals surface area contributed by atoms with Crippen LogP contribution in [0.15, 0.2) is 29.2 Å². The predicted octanol–water partition coefficient (Wildman–Crippen LogP) is 2.34. The standard InChI is InChI=1S/C20H28N2O4S/c1-27(25,26)18-9-5-4-8-17(18)20(24)22-14-12-21(13-15-22)19(23)11-10-16-6-2-3-7-16/h4-5,8-9,16H,2-3,6-7,10-15H2,1H3. The van der Waals surface area contributed by atoms with Gasteiger partial charge in [-0.15, -0.1) is 0 Å². The number of nitrogens with zero attached hydrogens (tertiary/aromatic N) is 2. The molecule has 0 radical (unpaired) electrons. The largest absolute Gasteiger partial charge is 0.339 e. The SMILES string of the molecule is CS(=O)(=O)c1ccccc1C(=O)N1CCN(C(=O)CCC2CCCC2)CC1. The molecular formula is C20H28N2O4S. The molecule has 1 aliphatic heterocycles. The molecule has 1 aliphatic carbocycles. The molecule has 0 unspecified atom stereocenters. The van der Waals surface area contributed by atoms with Crippen LogP contribution in [0.3, 0.4) is 0 Å². The summed E-state index contributed by atoms with van der Waals surface area (Å²) in [5.74, 6) is 0.587. The van der Waals surface area contributed by atoms with E-state index in [2.05, 4.69) is 0 Å². The first-order chi connectivity index (χ1) is 12.9. The monoisotopic (exact) mass is 392 g/mol. The number of hydrogen-bond donors (Lipinski definition) is 0. The molecule has 1 saturated heterocycles. The molecule has 3 rings (SSSR count). The molecule has 1 aromatic carbocycles. The third-order valence-electron chi connectivity index (χ3n) is 5.68. The van der Waals surface area contributed by atoms with Gasteiger partial charge in [0, 0.05) is 38.9 Å². The highest BCUT2D eigenvalue weighted by Gasteiger charge is 2.28. The Hall–Kier alpha value is -1.89. The third-order valence-corrected chi connectivity index (χ3v) is 6.83. The molecule has 1 heterocycles. The molecule has 6 nitrogen and oxygen atoms in total. The number of piperazine rings is 1. The van der Waals surface area contributed by atoms with Crippen molar-refractivity contribution in [1.29, 1.82) is 0 Å². The maximum atomic E-state index is 12.8. The molecule has 2 amide bonds. The summed E-state index contributed by atoms with van der Waals surface area (Å²) >= 11 is 0. The lowest BCUT2D eigenvalue weighted by molar-refractivity contribution is -0.133. The van der Waals surface area contributed by atoms with E-state index in [1.54, 1.807) is 23.1 Å². The maximum absolute atomic E-state index is 12.8. The average molecular weight is 393 g/mol. The van der Waals surface area contributed by atoms with Gasteiger partial charge in [0.1, 0.15) is 0 Å². The fourth-order valence-corrected chi connectivity index (χ4v) is 4.96. The lowest BCUT2D eigenvalue weighted by Gasteiger charge is -2.35. The van der Waals surface area contributed by atoms with Gasteiger partial charge in [0.05, 0.1) is 10.5 Å². The van der Waals surface area contributed by atoms with Crippen molar-refractivity contribution in [2.24, 2.45) is 5.92 Å². The van der Waals surface area contributed by atoms with Gasteiger partial charge in [0.25, 0.3) is 5.91 Å². The smallest absolute Gasteiger partial charge is 0.255 e. The van der Waals surface area contributed by atoms with Crippen molar-refractivity contribution in [2.45, 2.75) is 43.4 Å². The van der Waals surface area contributed by atoms with E-state index in [0.29, 0.717) is 38.5 Å². The van der Waals surface area contributed by atoms with Crippen LogP contribution in [-0.4, -0.2) is 62.5 Å². The Morgan fingerprint density at radius 1 is 1.00 bits per heavy atom. The Bertz CT molecular complexity index is 792. The first-order valence-corrected chi connectivity index (χ1v) is 11.6. The average Bonchev–Trinajstić information content (AvgIpc) is 3.18. The van der Waals surface area contributed by atoms with E-state index in [0.717, 1.165) is 12.7 Å². The zero-order valence-electron chi connectivity index (χ0n) is 15.9. The third kappa shape index (κ3) is 4.89. The van der Waals surface area contributed by atoms with Gasteiger partial charge in [0.15, 0.2) is 9.84 Å². The Kier molecular flexibility index (Phi) is 6.19. The van der Waals surface area contributed by atoms with E-state index in [1.807, 2.05) is 4.90 Å². The molecule has 27 heavy (non-hydrogen) atoms. The molecular weight excluding hydrogens is 364 g/mol. The maximum Gasteiger partial charge on any atom is 0.255 e. The van der Waals surface area contributed by atoms with E-state index in [9.17, 15) is 18.0 Å². The number of amides is 2. The second kappa shape index (κ2) is 8.42. The van der Waals surface area contributed by atoms with E-state index < -0.39 is 9.84 Å². The van der Waals surface area contributed by atoms with Crippen molar-refractivity contribution in [3.05, 3.63) is 29.8 Å². The topological polar surface area (TPSA) is 74.8 Å². The molecule has 2 aliphatic rings. The second-order valence-corrected chi connectivity index (χ2v) is 9.61. The van der Waals surface area contributed by atoms with Crippen LogP contribution in [0.4, 0.5) is 0 Å². The van der Waals surface area contributed by atoms with E-state index >= 15 is 0 Å². The van der Waals surface area contributed by atoms with Crippen molar-refractivity contribution in [2.75, 3.05) is 32.4 Å². The summed E-state index contributed by atoms with van der Waals surface area (Å²) < 4.78 is 23.9. The lowest BCUT2D eigenvalue weighted by atomic mass is 10.0. The van der Waals surface area contributed by atoms with Gasteiger partial charge >= 0.3 is 0 Å². The van der Waals surface area contributed by atoms with Crippen molar-refractivity contribution in [1.82, 2.24) is 9.80 Å². The van der Waals surface area contributed by atoms with E-state index in [-0.39, 0.29) is 22.3 Å². The van der Waals surface area contributed by atoms with Crippen molar-refractivity contribution < 1.29 is 18.0 Å². The van der Waals surface area contributed by atoms with Gasteiger partial charge in [0.2, 0.25) is 5.91 Å². The second-order valence-electron chi connectivity index (χ2n) is 7.63. The molecule has 0 N–H and O–H groups in total. The van der Waals surface area contributed by atoms with E-state index in [4.69, 9.17) is 0 Å². The van der Waals surface area contributed by atoms with Gasteiger partial charge < -0.3 is 9.80 Å². The Labute approximate surface area is 161 Å². The minimum absolute atomic E-state index is 0.0602. The van der Waals surface area contributed by atoms with Crippen molar-refractivity contribution in [3.63, 3.8) is 0 Å². The molecule has 1 saturated carbocycles. The predicted molar refractivity (Wildman–Crippen MR) is 103 cm³/mol. The highest BCUT2D eigenvalue weighted by molar-refractivity contribution is 7.90. The minimum Gasteiger partial charge on any atom is -0.339 e. The summed E-state index contributed by atoms with van der Waals surface area (Å²) in [6, 6.07) is 6.31. The zero-order chi connectivity index (χ0) is 19.4. The molecule has 0 atom stereocenters. The Balaban J connectivity index is 1.56. The zero-order valence-corrected chi connectivity index (χ0v) is 16.7.